The second-order valence-electron chi connectivity index (χ2n) is 4.94. The second-order valence-corrected chi connectivity index (χ2v) is 6.17. The van der Waals surface area contributed by atoms with E-state index in [0.717, 1.165) is 35.4 Å². The zero-order valence-corrected chi connectivity index (χ0v) is 12.0. The van der Waals surface area contributed by atoms with Crippen molar-refractivity contribution in [3.63, 3.8) is 0 Å². The highest BCUT2D eigenvalue weighted by Gasteiger charge is 2.22. The molecule has 2 aromatic heterocycles. The molecule has 102 valence electrons. The maximum absolute atomic E-state index is 9.85. The molecule has 0 amide bonds. The number of hydrogen-bond donors (Lipinski definition) is 2. The molecule has 3 rings (SSSR count). The molecule has 3 heterocycles. The van der Waals surface area contributed by atoms with Gasteiger partial charge in [0.15, 0.2) is 0 Å². The topological polar surface area (TPSA) is 61.3 Å². The minimum Gasteiger partial charge on any atom is -0.391 e. The summed E-state index contributed by atoms with van der Waals surface area (Å²) in [4.78, 5) is 13.5. The van der Waals surface area contributed by atoms with Gasteiger partial charge in [0.2, 0.25) is 5.95 Å². The molecule has 0 aliphatic carbocycles. The largest absolute Gasteiger partial charge is 0.391 e. The third-order valence-electron chi connectivity index (χ3n) is 3.42. The van der Waals surface area contributed by atoms with E-state index in [-0.39, 0.29) is 6.10 Å². The van der Waals surface area contributed by atoms with Crippen molar-refractivity contribution in [1.82, 2.24) is 9.97 Å². The maximum atomic E-state index is 9.85. The zero-order valence-electron chi connectivity index (χ0n) is 11.2. The molecule has 0 saturated carbocycles. The molecule has 19 heavy (non-hydrogen) atoms. The van der Waals surface area contributed by atoms with Crippen LogP contribution in [0, 0.1) is 6.92 Å². The number of anilines is 2. The molecule has 2 N–H and O–H groups in total. The second kappa shape index (κ2) is 4.94. The van der Waals surface area contributed by atoms with Crippen LogP contribution in [0.15, 0.2) is 6.07 Å². The Bertz CT molecular complexity index is 598. The third kappa shape index (κ3) is 2.37. The Labute approximate surface area is 116 Å². The van der Waals surface area contributed by atoms with Crippen LogP contribution in [0.3, 0.4) is 0 Å². The number of nitrogens with zero attached hydrogens (tertiary/aromatic N) is 3. The number of nitrogens with one attached hydrogen (secondary N) is 1. The van der Waals surface area contributed by atoms with Crippen molar-refractivity contribution < 1.29 is 5.11 Å². The molecule has 1 atom stereocenters. The van der Waals surface area contributed by atoms with Crippen LogP contribution in [0.1, 0.15) is 17.7 Å². The molecule has 0 aromatic carbocycles. The van der Waals surface area contributed by atoms with E-state index in [1.807, 2.05) is 7.05 Å². The van der Waals surface area contributed by atoms with Gasteiger partial charge in [0.25, 0.3) is 0 Å². The molecule has 6 heteroatoms. The van der Waals surface area contributed by atoms with Crippen LogP contribution in [-0.2, 0) is 0 Å². The van der Waals surface area contributed by atoms with E-state index in [4.69, 9.17) is 0 Å². The maximum Gasteiger partial charge on any atom is 0.225 e. The first-order valence-corrected chi connectivity index (χ1v) is 7.38. The Hall–Kier alpha value is -1.40. The summed E-state index contributed by atoms with van der Waals surface area (Å²) in [5, 5.41) is 14.0. The normalized spacial score (nSPS) is 19.9. The third-order valence-corrected chi connectivity index (χ3v) is 4.36. The number of hydrogen-bond acceptors (Lipinski definition) is 6. The summed E-state index contributed by atoms with van der Waals surface area (Å²) in [7, 11) is 1.83. The van der Waals surface area contributed by atoms with Crippen molar-refractivity contribution in [3.8, 4) is 0 Å². The first-order chi connectivity index (χ1) is 9.17. The van der Waals surface area contributed by atoms with Crippen molar-refractivity contribution in [2.45, 2.75) is 25.9 Å². The average Bonchev–Trinajstić information content (AvgIpc) is 2.77. The predicted octanol–water partition coefficient (Wildman–Crippen LogP) is 2.00. The van der Waals surface area contributed by atoms with Crippen LogP contribution in [0.25, 0.3) is 10.2 Å². The fourth-order valence-electron chi connectivity index (χ4n) is 2.53. The quantitative estimate of drug-likeness (QED) is 0.880. The van der Waals surface area contributed by atoms with Crippen molar-refractivity contribution in [3.05, 3.63) is 10.9 Å². The highest BCUT2D eigenvalue weighted by atomic mass is 32.1. The van der Waals surface area contributed by atoms with Gasteiger partial charge in [-0.3, -0.25) is 0 Å². The first kappa shape index (κ1) is 12.6. The SMILES string of the molecule is CNc1nc(N2CCCC(O)C2)c2cc(C)sc2n1. The molecule has 1 saturated heterocycles. The minimum atomic E-state index is -0.253. The molecule has 1 unspecified atom stereocenters. The Balaban J connectivity index is 2.09. The van der Waals surface area contributed by atoms with Crippen molar-refractivity contribution in [2.24, 2.45) is 0 Å². The monoisotopic (exact) mass is 278 g/mol. The van der Waals surface area contributed by atoms with Gasteiger partial charge in [-0.1, -0.05) is 0 Å². The first-order valence-electron chi connectivity index (χ1n) is 6.56. The van der Waals surface area contributed by atoms with E-state index in [9.17, 15) is 5.11 Å². The van der Waals surface area contributed by atoms with E-state index in [1.165, 1.54) is 4.88 Å². The van der Waals surface area contributed by atoms with Gasteiger partial charge in [-0.15, -0.1) is 11.3 Å². The number of aryl methyl sites for hydroxylation is 1. The number of fused-ring (bicyclic) bond motifs is 1. The van der Waals surface area contributed by atoms with Crippen molar-refractivity contribution in [1.29, 1.82) is 0 Å². The van der Waals surface area contributed by atoms with Crippen LogP contribution in [0.2, 0.25) is 0 Å². The summed E-state index contributed by atoms with van der Waals surface area (Å²) in [6, 6.07) is 2.13. The summed E-state index contributed by atoms with van der Waals surface area (Å²) < 4.78 is 0. The van der Waals surface area contributed by atoms with E-state index in [0.29, 0.717) is 12.5 Å². The fourth-order valence-corrected chi connectivity index (χ4v) is 3.40. The molecule has 5 nitrogen and oxygen atoms in total. The summed E-state index contributed by atoms with van der Waals surface area (Å²) in [5.74, 6) is 1.59. The lowest BCUT2D eigenvalue weighted by Crippen LogP contribution is -2.38. The van der Waals surface area contributed by atoms with Gasteiger partial charge in [0.1, 0.15) is 10.6 Å². The Kier molecular flexibility index (Phi) is 3.28. The van der Waals surface area contributed by atoms with E-state index in [1.54, 1.807) is 11.3 Å². The van der Waals surface area contributed by atoms with Crippen molar-refractivity contribution in [2.75, 3.05) is 30.4 Å². The number of aliphatic hydroxyl groups excluding tert-OH is 1. The number of aromatic nitrogens is 2. The molecule has 0 bridgehead atoms. The van der Waals surface area contributed by atoms with E-state index >= 15 is 0 Å². The predicted molar refractivity (Wildman–Crippen MR) is 79.2 cm³/mol. The Morgan fingerprint density at radius 3 is 3.05 bits per heavy atom. The number of rotatable bonds is 2. The standard InChI is InChI=1S/C13H18N4OS/c1-8-6-10-11(17-5-3-4-9(18)7-17)15-13(14-2)16-12(10)19-8/h6,9,18H,3-5,7H2,1-2H3,(H,14,15,16). The van der Waals surface area contributed by atoms with Crippen LogP contribution in [0.5, 0.6) is 0 Å². The van der Waals surface area contributed by atoms with Gasteiger partial charge in [-0.2, -0.15) is 4.98 Å². The molecule has 1 aliphatic rings. The van der Waals surface area contributed by atoms with Gasteiger partial charge in [-0.05, 0) is 25.8 Å². The Morgan fingerprint density at radius 2 is 2.32 bits per heavy atom. The molecule has 0 spiro atoms. The highest BCUT2D eigenvalue weighted by molar-refractivity contribution is 7.18. The fraction of sp³-hybridized carbons (Fsp3) is 0.538. The zero-order chi connectivity index (χ0) is 13.4. The smallest absolute Gasteiger partial charge is 0.225 e. The van der Waals surface area contributed by atoms with Gasteiger partial charge in [0, 0.05) is 25.0 Å². The van der Waals surface area contributed by atoms with E-state index in [2.05, 4.69) is 33.2 Å². The average molecular weight is 278 g/mol. The summed E-state index contributed by atoms with van der Waals surface area (Å²) >= 11 is 1.68. The minimum absolute atomic E-state index is 0.253. The lowest BCUT2D eigenvalue weighted by atomic mass is 10.1. The van der Waals surface area contributed by atoms with Crippen LogP contribution < -0.4 is 10.2 Å². The van der Waals surface area contributed by atoms with Gasteiger partial charge >= 0.3 is 0 Å². The molecule has 1 aliphatic heterocycles. The number of aliphatic hydroxyl groups is 1. The summed E-state index contributed by atoms with van der Waals surface area (Å²) in [5.41, 5.74) is 0. The van der Waals surface area contributed by atoms with Crippen LogP contribution in [-0.4, -0.2) is 41.3 Å². The highest BCUT2D eigenvalue weighted by Crippen LogP contribution is 2.32. The number of β-amino-alcohol motifs (C(OH)–C–C–N with tert-alkyl or cyclic N) is 1. The lowest BCUT2D eigenvalue weighted by molar-refractivity contribution is 0.154. The molecular weight excluding hydrogens is 260 g/mol. The summed E-state index contributed by atoms with van der Waals surface area (Å²) in [6.45, 7) is 3.69. The van der Waals surface area contributed by atoms with Gasteiger partial charge in [0.05, 0.1) is 11.5 Å². The van der Waals surface area contributed by atoms with Crippen LogP contribution >= 0.6 is 11.3 Å². The van der Waals surface area contributed by atoms with Crippen LogP contribution in [0.4, 0.5) is 11.8 Å². The lowest BCUT2D eigenvalue weighted by Gasteiger charge is -2.31. The molecule has 1 fully saturated rings. The van der Waals surface area contributed by atoms with Gasteiger partial charge < -0.3 is 15.3 Å². The molecule has 2 aromatic rings. The number of thiophene rings is 1. The summed E-state index contributed by atoms with van der Waals surface area (Å²) in [6.07, 6.45) is 1.63. The van der Waals surface area contributed by atoms with E-state index < -0.39 is 0 Å². The van der Waals surface area contributed by atoms with Gasteiger partial charge in [-0.25, -0.2) is 4.98 Å². The van der Waals surface area contributed by atoms with Crippen molar-refractivity contribution >= 4 is 33.3 Å². The molecule has 0 radical (unpaired) electrons. The Morgan fingerprint density at radius 1 is 1.47 bits per heavy atom. The number of piperidine rings is 1. The molecular formula is C13H18N4OS.